The average Bonchev–Trinajstić information content (AvgIpc) is 2.89. The number of nitrogens with two attached hydrogens (primary N) is 1. The van der Waals surface area contributed by atoms with Gasteiger partial charge in [-0.25, -0.2) is 4.98 Å². The summed E-state index contributed by atoms with van der Waals surface area (Å²) in [6.45, 7) is 1.69. The van der Waals surface area contributed by atoms with Gasteiger partial charge in [-0.1, -0.05) is 23.5 Å². The van der Waals surface area contributed by atoms with E-state index in [4.69, 9.17) is 10.5 Å². The molecule has 3 N–H and O–H groups in total. The van der Waals surface area contributed by atoms with Crippen LogP contribution in [-0.2, 0) is 9.53 Å². The molecule has 1 amide bonds. The Balaban J connectivity index is 1.75. The number of aromatic nitrogens is 1. The highest BCUT2D eigenvalue weighted by molar-refractivity contribution is 7.22. The van der Waals surface area contributed by atoms with Crippen molar-refractivity contribution in [3.8, 4) is 0 Å². The van der Waals surface area contributed by atoms with Crippen LogP contribution in [0.4, 0.5) is 5.13 Å². The van der Waals surface area contributed by atoms with Gasteiger partial charge in [0.05, 0.1) is 15.6 Å². The number of hydrogen-bond donors (Lipinski definition) is 2. The molecule has 0 radical (unpaired) electrons. The van der Waals surface area contributed by atoms with Gasteiger partial charge in [0, 0.05) is 19.8 Å². The topological polar surface area (TPSA) is 77.2 Å². The summed E-state index contributed by atoms with van der Waals surface area (Å²) in [5.41, 5.74) is 6.04. The summed E-state index contributed by atoms with van der Waals surface area (Å²) < 4.78 is 6.46. The van der Waals surface area contributed by atoms with Crippen LogP contribution in [0.3, 0.4) is 0 Å². The summed E-state index contributed by atoms with van der Waals surface area (Å²) in [6, 6.07) is 7.98. The molecule has 0 unspecified atom stereocenters. The molecule has 106 valence electrons. The van der Waals surface area contributed by atoms with E-state index in [1.807, 2.05) is 24.3 Å². The lowest BCUT2D eigenvalue weighted by atomic mass is 9.79. The van der Waals surface area contributed by atoms with Crippen LogP contribution in [0.1, 0.15) is 12.8 Å². The number of fused-ring (bicyclic) bond motifs is 1. The first-order valence-corrected chi connectivity index (χ1v) is 7.48. The lowest BCUT2D eigenvalue weighted by Gasteiger charge is -2.34. The number of anilines is 1. The summed E-state index contributed by atoms with van der Waals surface area (Å²) in [4.78, 5) is 16.3. The molecule has 0 saturated carbocycles. The molecule has 0 bridgehead atoms. The second-order valence-electron chi connectivity index (χ2n) is 5.10. The number of carbonyl (C=O) groups excluding carboxylic acids is 1. The summed E-state index contributed by atoms with van der Waals surface area (Å²) in [5, 5.41) is 4.11. The fourth-order valence-electron chi connectivity index (χ4n) is 2.47. The fourth-order valence-corrected chi connectivity index (χ4v) is 3.33. The number of para-hydroxylation sites is 1. The minimum atomic E-state index is -0.518. The van der Waals surface area contributed by atoms with Crippen LogP contribution in [0.25, 0.3) is 10.2 Å². The second-order valence-corrected chi connectivity index (χ2v) is 6.13. The zero-order valence-corrected chi connectivity index (χ0v) is 11.9. The molecule has 0 atom stereocenters. The molecule has 0 aliphatic carbocycles. The molecule has 1 aliphatic rings. The Hall–Kier alpha value is -1.66. The van der Waals surface area contributed by atoms with E-state index in [1.54, 1.807) is 11.3 Å². The van der Waals surface area contributed by atoms with Crippen molar-refractivity contribution in [2.75, 3.05) is 25.1 Å². The monoisotopic (exact) mass is 291 g/mol. The molecule has 20 heavy (non-hydrogen) atoms. The van der Waals surface area contributed by atoms with Gasteiger partial charge in [-0.3, -0.25) is 4.79 Å². The standard InChI is InChI=1S/C14H17N3O2S/c15-12(18)14(5-7-19-8-6-14)9-16-13-17-10-3-1-2-4-11(10)20-13/h1-4H,5-9H2,(H2,15,18)(H,16,17). The van der Waals surface area contributed by atoms with E-state index in [0.29, 0.717) is 32.6 Å². The highest BCUT2D eigenvalue weighted by Gasteiger charge is 2.38. The first kappa shape index (κ1) is 13.3. The number of carbonyl (C=O) groups is 1. The number of primary amides is 1. The van der Waals surface area contributed by atoms with E-state index < -0.39 is 5.41 Å². The predicted molar refractivity (Wildman–Crippen MR) is 79.8 cm³/mol. The average molecular weight is 291 g/mol. The van der Waals surface area contributed by atoms with Gasteiger partial charge < -0.3 is 15.8 Å². The summed E-state index contributed by atoms with van der Waals surface area (Å²) >= 11 is 1.59. The number of amides is 1. The van der Waals surface area contributed by atoms with E-state index in [0.717, 1.165) is 15.3 Å². The number of rotatable bonds is 4. The smallest absolute Gasteiger partial charge is 0.225 e. The largest absolute Gasteiger partial charge is 0.381 e. The third-order valence-electron chi connectivity index (χ3n) is 3.84. The van der Waals surface area contributed by atoms with Gasteiger partial charge in [-0.15, -0.1) is 0 Å². The van der Waals surface area contributed by atoms with Crippen molar-refractivity contribution >= 4 is 32.6 Å². The SMILES string of the molecule is NC(=O)C1(CNc2nc3ccccc3s2)CCOCC1. The van der Waals surface area contributed by atoms with Gasteiger partial charge in [0.25, 0.3) is 0 Å². The van der Waals surface area contributed by atoms with Crippen LogP contribution >= 0.6 is 11.3 Å². The Morgan fingerprint density at radius 3 is 2.85 bits per heavy atom. The Morgan fingerprint density at radius 2 is 2.15 bits per heavy atom. The van der Waals surface area contributed by atoms with Crippen LogP contribution in [-0.4, -0.2) is 30.6 Å². The number of thiazole rings is 1. The maximum Gasteiger partial charge on any atom is 0.225 e. The Bertz CT molecular complexity index is 587. The minimum Gasteiger partial charge on any atom is -0.381 e. The molecule has 0 spiro atoms. The van der Waals surface area contributed by atoms with E-state index in [2.05, 4.69) is 10.3 Å². The quantitative estimate of drug-likeness (QED) is 0.903. The van der Waals surface area contributed by atoms with Crippen LogP contribution in [0.15, 0.2) is 24.3 Å². The molecular weight excluding hydrogens is 274 g/mol. The Morgan fingerprint density at radius 1 is 1.40 bits per heavy atom. The highest BCUT2D eigenvalue weighted by atomic mass is 32.1. The zero-order chi connectivity index (χ0) is 14.0. The van der Waals surface area contributed by atoms with Crippen LogP contribution in [0.2, 0.25) is 0 Å². The molecule has 1 aromatic carbocycles. The number of nitrogens with one attached hydrogen (secondary N) is 1. The van der Waals surface area contributed by atoms with Gasteiger partial charge in [0.1, 0.15) is 0 Å². The maximum absolute atomic E-state index is 11.8. The third-order valence-corrected chi connectivity index (χ3v) is 4.84. The van der Waals surface area contributed by atoms with Crippen molar-refractivity contribution in [3.63, 3.8) is 0 Å². The molecule has 3 rings (SSSR count). The van der Waals surface area contributed by atoms with Crippen LogP contribution < -0.4 is 11.1 Å². The number of hydrogen-bond acceptors (Lipinski definition) is 5. The van der Waals surface area contributed by atoms with E-state index in [9.17, 15) is 4.79 Å². The van der Waals surface area contributed by atoms with Crippen molar-refractivity contribution in [3.05, 3.63) is 24.3 Å². The van der Waals surface area contributed by atoms with E-state index in [1.165, 1.54) is 0 Å². The summed E-state index contributed by atoms with van der Waals surface area (Å²) in [7, 11) is 0. The molecular formula is C14H17N3O2S. The molecule has 1 aliphatic heterocycles. The predicted octanol–water partition coefficient (Wildman–Crippen LogP) is 1.99. The van der Waals surface area contributed by atoms with E-state index in [-0.39, 0.29) is 5.91 Å². The Labute approximate surface area is 121 Å². The number of ether oxygens (including phenoxy) is 1. The highest BCUT2D eigenvalue weighted by Crippen LogP contribution is 2.32. The molecule has 1 aromatic heterocycles. The molecule has 1 fully saturated rings. The normalized spacial score (nSPS) is 18.0. The van der Waals surface area contributed by atoms with Gasteiger partial charge in [-0.2, -0.15) is 0 Å². The molecule has 2 heterocycles. The molecule has 1 saturated heterocycles. The fraction of sp³-hybridized carbons (Fsp3) is 0.429. The van der Waals surface area contributed by atoms with Crippen LogP contribution in [0, 0.1) is 5.41 Å². The molecule has 6 heteroatoms. The molecule has 5 nitrogen and oxygen atoms in total. The van der Waals surface area contributed by atoms with Crippen molar-refractivity contribution < 1.29 is 9.53 Å². The van der Waals surface area contributed by atoms with Crippen molar-refractivity contribution in [2.45, 2.75) is 12.8 Å². The van der Waals surface area contributed by atoms with Gasteiger partial charge in [-0.05, 0) is 25.0 Å². The van der Waals surface area contributed by atoms with Gasteiger partial charge in [0.2, 0.25) is 5.91 Å². The van der Waals surface area contributed by atoms with E-state index >= 15 is 0 Å². The molecule has 2 aromatic rings. The third kappa shape index (κ3) is 2.48. The number of benzene rings is 1. The van der Waals surface area contributed by atoms with Gasteiger partial charge >= 0.3 is 0 Å². The first-order valence-electron chi connectivity index (χ1n) is 6.67. The van der Waals surface area contributed by atoms with Crippen LogP contribution in [0.5, 0.6) is 0 Å². The summed E-state index contributed by atoms with van der Waals surface area (Å²) in [5.74, 6) is -0.255. The maximum atomic E-state index is 11.8. The zero-order valence-electron chi connectivity index (χ0n) is 11.1. The minimum absolute atomic E-state index is 0.255. The summed E-state index contributed by atoms with van der Waals surface area (Å²) in [6.07, 6.45) is 1.33. The van der Waals surface area contributed by atoms with Crippen molar-refractivity contribution in [1.82, 2.24) is 4.98 Å². The Kier molecular flexibility index (Phi) is 3.58. The lowest BCUT2D eigenvalue weighted by Crippen LogP contribution is -2.46. The first-order chi connectivity index (χ1) is 9.70. The lowest BCUT2D eigenvalue weighted by molar-refractivity contribution is -0.132. The van der Waals surface area contributed by atoms with Crippen molar-refractivity contribution in [1.29, 1.82) is 0 Å². The number of nitrogens with zero attached hydrogens (tertiary/aromatic N) is 1. The van der Waals surface area contributed by atoms with Gasteiger partial charge in [0.15, 0.2) is 5.13 Å². The van der Waals surface area contributed by atoms with Crippen molar-refractivity contribution in [2.24, 2.45) is 11.1 Å². The second kappa shape index (κ2) is 5.38.